The van der Waals surface area contributed by atoms with E-state index in [2.05, 4.69) is 20.0 Å². The average molecular weight is 647 g/mol. The number of nitrogens with zero attached hydrogens (tertiary/aromatic N) is 4. The maximum Gasteiger partial charge on any atom is 0.273 e. The van der Waals surface area contributed by atoms with Crippen molar-refractivity contribution in [3.63, 3.8) is 0 Å². The van der Waals surface area contributed by atoms with Crippen molar-refractivity contribution in [2.45, 2.75) is 16.7 Å². The van der Waals surface area contributed by atoms with Gasteiger partial charge in [-0.3, -0.25) is 19.2 Å². The van der Waals surface area contributed by atoms with Crippen LogP contribution in [-0.2, 0) is 24.8 Å². The maximum atomic E-state index is 13.8. The number of nitro benzene ring substituents is 1. The minimum Gasteiger partial charge on any atom is -0.495 e. The highest BCUT2D eigenvalue weighted by molar-refractivity contribution is 7.93. The first-order valence-electron chi connectivity index (χ1n) is 12.1. The number of hydrogen-bond acceptors (Lipinski definition) is 10. The van der Waals surface area contributed by atoms with Gasteiger partial charge < -0.3 is 10.1 Å². The van der Waals surface area contributed by atoms with Crippen molar-refractivity contribution in [1.82, 2.24) is 9.97 Å². The SMILES string of the molecule is COc1ccc(Cl)cc1N(CC(=O)Nc1ccc(S(=O)(=O)Nc2ncccn2)cc1)S(=O)(=O)c1ccc(C)c([N+](=O)[O-])c1. The van der Waals surface area contributed by atoms with Crippen molar-refractivity contribution in [3.8, 4) is 5.75 Å². The molecule has 0 aliphatic carbocycles. The lowest BCUT2D eigenvalue weighted by molar-refractivity contribution is -0.385. The van der Waals surface area contributed by atoms with Crippen LogP contribution in [0.4, 0.5) is 23.0 Å². The van der Waals surface area contributed by atoms with Gasteiger partial charge in [-0.05, 0) is 61.5 Å². The highest BCUT2D eigenvalue weighted by atomic mass is 35.5. The van der Waals surface area contributed by atoms with E-state index in [9.17, 15) is 31.7 Å². The summed E-state index contributed by atoms with van der Waals surface area (Å²) in [6, 6.07) is 14.1. The van der Waals surface area contributed by atoms with E-state index < -0.39 is 48.0 Å². The number of carbonyl (C=O) groups is 1. The quantitative estimate of drug-likeness (QED) is 0.178. The number of nitrogens with one attached hydrogen (secondary N) is 2. The molecule has 4 aromatic rings. The molecule has 2 N–H and O–H groups in total. The molecule has 0 saturated carbocycles. The van der Waals surface area contributed by atoms with Crippen LogP contribution in [0.25, 0.3) is 0 Å². The van der Waals surface area contributed by atoms with Gasteiger partial charge in [-0.15, -0.1) is 0 Å². The molecule has 1 heterocycles. The van der Waals surface area contributed by atoms with Gasteiger partial charge in [0.2, 0.25) is 11.9 Å². The standard InChI is InChI=1S/C26H23ClN6O8S2/c1-17-4-8-21(15-22(17)33(35)36)43(39,40)32(23-14-18(27)5-11-24(23)41-2)16-25(34)30-19-6-9-20(10-7-19)42(37,38)31-26-28-12-3-13-29-26/h3-15H,16H2,1-2H3,(H,30,34)(H,28,29,31). The summed E-state index contributed by atoms with van der Waals surface area (Å²) in [5.41, 5.74) is -0.122. The van der Waals surface area contributed by atoms with Gasteiger partial charge in [0.15, 0.2) is 0 Å². The number of rotatable bonds is 11. The average Bonchev–Trinajstić information content (AvgIpc) is 2.96. The number of amides is 1. The predicted octanol–water partition coefficient (Wildman–Crippen LogP) is 3.99. The lowest BCUT2D eigenvalue weighted by atomic mass is 10.2. The Bertz CT molecular complexity index is 1890. The van der Waals surface area contributed by atoms with Crippen LogP contribution >= 0.6 is 11.6 Å². The molecule has 0 fully saturated rings. The van der Waals surface area contributed by atoms with E-state index in [0.29, 0.717) is 4.31 Å². The number of sulfonamides is 2. The number of aryl methyl sites for hydroxylation is 1. The van der Waals surface area contributed by atoms with Crippen molar-refractivity contribution in [2.75, 3.05) is 28.0 Å². The molecule has 17 heteroatoms. The topological polar surface area (TPSA) is 191 Å². The second kappa shape index (κ2) is 12.6. The Labute approximate surface area is 251 Å². The van der Waals surface area contributed by atoms with Crippen molar-refractivity contribution >= 4 is 60.6 Å². The summed E-state index contributed by atoms with van der Waals surface area (Å²) in [4.78, 5) is 31.0. The van der Waals surface area contributed by atoms with Crippen molar-refractivity contribution in [3.05, 3.63) is 99.8 Å². The van der Waals surface area contributed by atoms with Crippen LogP contribution in [0.3, 0.4) is 0 Å². The Morgan fingerprint density at radius 3 is 2.28 bits per heavy atom. The van der Waals surface area contributed by atoms with Crippen LogP contribution < -0.4 is 19.1 Å². The van der Waals surface area contributed by atoms with Crippen LogP contribution in [-0.4, -0.2) is 51.3 Å². The van der Waals surface area contributed by atoms with Gasteiger partial charge in [-0.2, -0.15) is 0 Å². The number of aromatic nitrogens is 2. The number of halogens is 1. The molecule has 0 bridgehead atoms. The van der Waals surface area contributed by atoms with Gasteiger partial charge in [-0.25, -0.2) is 31.5 Å². The summed E-state index contributed by atoms with van der Waals surface area (Å²) in [6.45, 7) is 0.662. The Balaban J connectivity index is 1.63. The smallest absolute Gasteiger partial charge is 0.273 e. The number of carbonyl (C=O) groups excluding carboxylic acids is 1. The first-order chi connectivity index (χ1) is 20.3. The molecule has 0 atom stereocenters. The molecule has 43 heavy (non-hydrogen) atoms. The fourth-order valence-electron chi connectivity index (χ4n) is 3.81. The van der Waals surface area contributed by atoms with Crippen molar-refractivity contribution in [2.24, 2.45) is 0 Å². The van der Waals surface area contributed by atoms with Gasteiger partial charge >= 0.3 is 0 Å². The molecule has 0 spiro atoms. The molecule has 14 nitrogen and oxygen atoms in total. The van der Waals surface area contributed by atoms with E-state index >= 15 is 0 Å². The van der Waals surface area contributed by atoms with Crippen LogP contribution in [0.2, 0.25) is 5.02 Å². The van der Waals surface area contributed by atoms with Gasteiger partial charge in [0, 0.05) is 34.7 Å². The van der Waals surface area contributed by atoms with Crippen LogP contribution in [0.15, 0.2) is 88.9 Å². The lowest BCUT2D eigenvalue weighted by Gasteiger charge is -2.26. The Kier molecular flexibility index (Phi) is 9.13. The monoisotopic (exact) mass is 646 g/mol. The van der Waals surface area contributed by atoms with Gasteiger partial charge in [-0.1, -0.05) is 17.7 Å². The van der Waals surface area contributed by atoms with E-state index in [-0.39, 0.29) is 38.6 Å². The second-order valence-corrected chi connectivity index (χ2v) is 12.8. The van der Waals surface area contributed by atoms with Gasteiger partial charge in [0.05, 0.1) is 27.5 Å². The normalized spacial score (nSPS) is 11.4. The summed E-state index contributed by atoms with van der Waals surface area (Å²) < 4.78 is 61.2. The first-order valence-corrected chi connectivity index (χ1v) is 15.4. The summed E-state index contributed by atoms with van der Waals surface area (Å²) in [6.07, 6.45) is 2.73. The number of hydrogen-bond donors (Lipinski definition) is 2. The number of methoxy groups -OCH3 is 1. The molecule has 0 unspecified atom stereocenters. The van der Waals surface area contributed by atoms with E-state index in [4.69, 9.17) is 16.3 Å². The van der Waals surface area contributed by atoms with Crippen LogP contribution in [0.5, 0.6) is 5.75 Å². The Hall–Kier alpha value is -4.80. The molecular formula is C26H23ClN6O8S2. The lowest BCUT2D eigenvalue weighted by Crippen LogP contribution is -2.38. The molecule has 0 aliphatic heterocycles. The minimum atomic E-state index is -4.59. The van der Waals surface area contributed by atoms with E-state index in [1.54, 1.807) is 0 Å². The molecule has 3 aromatic carbocycles. The summed E-state index contributed by atoms with van der Waals surface area (Å²) in [5, 5.41) is 14.1. The fraction of sp³-hybridized carbons (Fsp3) is 0.115. The molecule has 0 aliphatic rings. The molecule has 0 saturated heterocycles. The maximum absolute atomic E-state index is 13.8. The highest BCUT2D eigenvalue weighted by Gasteiger charge is 2.31. The zero-order valence-electron chi connectivity index (χ0n) is 22.5. The summed E-state index contributed by atoms with van der Waals surface area (Å²) in [7, 11) is -7.33. The highest BCUT2D eigenvalue weighted by Crippen LogP contribution is 2.36. The third-order valence-electron chi connectivity index (χ3n) is 5.90. The third-order valence-corrected chi connectivity index (χ3v) is 9.24. The predicted molar refractivity (Wildman–Crippen MR) is 158 cm³/mol. The molecule has 4 rings (SSSR count). The minimum absolute atomic E-state index is 0.0619. The Morgan fingerprint density at radius 2 is 1.65 bits per heavy atom. The van der Waals surface area contributed by atoms with E-state index in [0.717, 1.165) is 6.07 Å². The fourth-order valence-corrected chi connectivity index (χ4v) is 6.38. The van der Waals surface area contributed by atoms with Crippen molar-refractivity contribution in [1.29, 1.82) is 0 Å². The van der Waals surface area contributed by atoms with Gasteiger partial charge in [0.25, 0.3) is 25.7 Å². The molecule has 1 amide bonds. The second-order valence-electron chi connectivity index (χ2n) is 8.78. The first kappa shape index (κ1) is 31.1. The number of ether oxygens (including phenoxy) is 1. The van der Waals surface area contributed by atoms with Crippen LogP contribution in [0.1, 0.15) is 5.56 Å². The summed E-state index contributed by atoms with van der Waals surface area (Å²) in [5.74, 6) is -0.887. The number of benzene rings is 3. The zero-order valence-corrected chi connectivity index (χ0v) is 24.9. The van der Waals surface area contributed by atoms with Crippen LogP contribution in [0, 0.1) is 17.0 Å². The van der Waals surface area contributed by atoms with Gasteiger partial charge in [0.1, 0.15) is 12.3 Å². The van der Waals surface area contributed by atoms with E-state index in [1.165, 1.54) is 87.1 Å². The molecule has 224 valence electrons. The van der Waals surface area contributed by atoms with E-state index in [1.807, 2.05) is 0 Å². The Morgan fingerprint density at radius 1 is 1.00 bits per heavy atom. The molecule has 1 aromatic heterocycles. The molecule has 0 radical (unpaired) electrons. The summed E-state index contributed by atoms with van der Waals surface area (Å²) >= 11 is 6.14. The molecular weight excluding hydrogens is 624 g/mol. The largest absolute Gasteiger partial charge is 0.495 e. The number of nitro groups is 1. The number of anilines is 3. The van der Waals surface area contributed by atoms with Crippen molar-refractivity contribution < 1.29 is 31.3 Å². The third kappa shape index (κ3) is 7.17. The zero-order chi connectivity index (χ0) is 31.4.